The van der Waals surface area contributed by atoms with Crippen molar-refractivity contribution >= 4 is 6.09 Å². The number of hydrogen-bond donors (Lipinski definition) is 1. The van der Waals surface area contributed by atoms with Crippen LogP contribution in [-0.4, -0.2) is 40.9 Å². The average Bonchev–Trinajstić information content (AvgIpc) is 1.98. The van der Waals surface area contributed by atoms with E-state index in [1.54, 1.807) is 20.9 Å². The van der Waals surface area contributed by atoms with Crippen LogP contribution in [0.2, 0.25) is 0 Å². The third kappa shape index (κ3) is 6.85. The first-order valence-corrected chi connectivity index (χ1v) is 4.79. The second-order valence-corrected chi connectivity index (χ2v) is 4.57. The van der Waals surface area contributed by atoms with Crippen LogP contribution in [0.1, 0.15) is 34.6 Å². The van der Waals surface area contributed by atoms with Crippen molar-refractivity contribution in [3.8, 4) is 0 Å². The predicted octanol–water partition coefficient (Wildman–Crippen LogP) is 1.62. The van der Waals surface area contributed by atoms with E-state index < -0.39 is 17.8 Å². The molecule has 0 saturated heterocycles. The summed E-state index contributed by atoms with van der Waals surface area (Å²) < 4.78 is 5.15. The maximum atomic E-state index is 11.5. The Morgan fingerprint density at radius 1 is 1.33 bits per heavy atom. The van der Waals surface area contributed by atoms with Crippen molar-refractivity contribution in [2.24, 2.45) is 0 Å². The van der Waals surface area contributed by atoms with Gasteiger partial charge in [0.25, 0.3) is 0 Å². The van der Waals surface area contributed by atoms with Crippen molar-refractivity contribution < 1.29 is 34.1 Å². The molecule has 1 radical (unpaired) electrons. The van der Waals surface area contributed by atoms with Gasteiger partial charge in [-0.05, 0) is 34.6 Å². The van der Waals surface area contributed by atoms with Crippen molar-refractivity contribution in [1.29, 1.82) is 0 Å². The van der Waals surface area contributed by atoms with Crippen molar-refractivity contribution in [3.63, 3.8) is 0 Å². The maximum Gasteiger partial charge on any atom is 0.410 e. The quantitative estimate of drug-likeness (QED) is 0.789. The topological polar surface area (TPSA) is 49.8 Å². The summed E-state index contributed by atoms with van der Waals surface area (Å²) in [6.07, 6.45) is -0.974. The maximum absolute atomic E-state index is 11.5. The van der Waals surface area contributed by atoms with Crippen LogP contribution in [0.5, 0.6) is 0 Å². The van der Waals surface area contributed by atoms with Gasteiger partial charge in [-0.15, -0.1) is 0 Å². The van der Waals surface area contributed by atoms with E-state index in [2.05, 4.69) is 0 Å². The van der Waals surface area contributed by atoms with E-state index in [0.717, 1.165) is 0 Å². The second kappa shape index (κ2) is 6.44. The molecule has 4 nitrogen and oxygen atoms in total. The van der Waals surface area contributed by atoms with Gasteiger partial charge >= 0.3 is 6.09 Å². The number of nitrogens with zero attached hydrogens (tertiary/aromatic N) is 1. The first kappa shape index (κ1) is 17.3. The van der Waals surface area contributed by atoms with Gasteiger partial charge in [-0.25, -0.2) is 4.79 Å². The Balaban J connectivity index is 0. The summed E-state index contributed by atoms with van der Waals surface area (Å²) in [7, 11) is 1.62. The molecule has 93 valence electrons. The number of hydrogen-bond acceptors (Lipinski definition) is 3. The number of carbonyl (C=O) groups is 1. The summed E-state index contributed by atoms with van der Waals surface area (Å²) in [5, 5.41) is 9.29. The fraction of sp³-hybridized carbons (Fsp3) is 0.900. The molecule has 0 aliphatic heterocycles. The molecule has 15 heavy (non-hydrogen) atoms. The van der Waals surface area contributed by atoms with E-state index in [0.29, 0.717) is 0 Å². The molecule has 0 rings (SSSR count). The van der Waals surface area contributed by atoms with Crippen molar-refractivity contribution in [3.05, 3.63) is 0 Å². The molecule has 0 aliphatic carbocycles. The minimum absolute atomic E-state index is 0. The SMILES string of the molecule is C[C@H]([C@@H](C)O)N(C)C(=O)OC(C)(C)C.[Rh]. The van der Waals surface area contributed by atoms with E-state index in [1.165, 1.54) is 4.90 Å². The monoisotopic (exact) mass is 306 g/mol. The fourth-order valence-corrected chi connectivity index (χ4v) is 0.824. The first-order chi connectivity index (χ1) is 6.15. The van der Waals surface area contributed by atoms with Gasteiger partial charge in [0.2, 0.25) is 0 Å². The van der Waals surface area contributed by atoms with Crippen LogP contribution in [-0.2, 0) is 24.2 Å². The molecule has 0 unspecified atom stereocenters. The van der Waals surface area contributed by atoms with Crippen LogP contribution in [0.4, 0.5) is 4.79 Å². The number of rotatable bonds is 2. The molecule has 0 heterocycles. The number of carbonyl (C=O) groups excluding carboxylic acids is 1. The van der Waals surface area contributed by atoms with E-state index in [-0.39, 0.29) is 25.5 Å². The van der Waals surface area contributed by atoms with Crippen molar-refractivity contribution in [2.45, 2.75) is 52.4 Å². The summed E-state index contributed by atoms with van der Waals surface area (Å²) in [4.78, 5) is 12.9. The summed E-state index contributed by atoms with van der Waals surface area (Å²) in [6.45, 7) is 8.85. The Hall–Kier alpha value is -0.147. The number of ether oxygens (including phenoxy) is 1. The number of aliphatic hydroxyl groups is 1. The molecule has 5 heteroatoms. The molecule has 1 amide bonds. The Labute approximate surface area is 105 Å². The number of likely N-dealkylation sites (N-methyl/N-ethyl adjacent to an activating group) is 1. The van der Waals surface area contributed by atoms with Crippen LogP contribution in [0.25, 0.3) is 0 Å². The molecular formula is C10H21NO3Rh. The summed E-state index contributed by atoms with van der Waals surface area (Å²) >= 11 is 0. The van der Waals surface area contributed by atoms with Gasteiger partial charge in [-0.1, -0.05) is 0 Å². The molecule has 0 bridgehead atoms. The molecule has 2 atom stereocenters. The van der Waals surface area contributed by atoms with Crippen LogP contribution >= 0.6 is 0 Å². The molecular weight excluding hydrogens is 285 g/mol. The Kier molecular flexibility index (Phi) is 7.41. The molecule has 0 saturated carbocycles. The molecule has 0 fully saturated rings. The Morgan fingerprint density at radius 2 is 1.73 bits per heavy atom. The fourth-order valence-electron chi connectivity index (χ4n) is 0.824. The smallest absolute Gasteiger partial charge is 0.410 e. The average molecular weight is 306 g/mol. The van der Waals surface area contributed by atoms with Crippen LogP contribution in [0.3, 0.4) is 0 Å². The van der Waals surface area contributed by atoms with Gasteiger partial charge in [0.15, 0.2) is 0 Å². The largest absolute Gasteiger partial charge is 0.444 e. The van der Waals surface area contributed by atoms with Crippen molar-refractivity contribution in [2.75, 3.05) is 7.05 Å². The zero-order valence-corrected chi connectivity index (χ0v) is 11.8. The zero-order chi connectivity index (χ0) is 11.5. The van der Waals surface area contributed by atoms with Gasteiger partial charge in [0.05, 0.1) is 12.1 Å². The molecule has 1 N–H and O–H groups in total. The Morgan fingerprint density at radius 3 is 2.00 bits per heavy atom. The van der Waals surface area contributed by atoms with Gasteiger partial charge in [-0.3, -0.25) is 0 Å². The molecule has 0 aromatic heterocycles. The van der Waals surface area contributed by atoms with E-state index >= 15 is 0 Å². The van der Waals surface area contributed by atoms with Crippen molar-refractivity contribution in [1.82, 2.24) is 4.90 Å². The summed E-state index contributed by atoms with van der Waals surface area (Å²) in [5.74, 6) is 0. The zero-order valence-electron chi connectivity index (χ0n) is 10.2. The third-order valence-electron chi connectivity index (χ3n) is 1.99. The van der Waals surface area contributed by atoms with Gasteiger partial charge in [0, 0.05) is 26.5 Å². The minimum atomic E-state index is -0.562. The van der Waals surface area contributed by atoms with Gasteiger partial charge < -0.3 is 14.7 Å². The molecule has 0 aromatic rings. The van der Waals surface area contributed by atoms with E-state index in [1.807, 2.05) is 20.8 Å². The first-order valence-electron chi connectivity index (χ1n) is 4.79. The molecule has 0 aliphatic rings. The van der Waals surface area contributed by atoms with E-state index in [9.17, 15) is 9.90 Å². The van der Waals surface area contributed by atoms with Crippen LogP contribution in [0, 0.1) is 0 Å². The normalized spacial score (nSPS) is 14.9. The molecule has 0 aromatic carbocycles. The van der Waals surface area contributed by atoms with Gasteiger partial charge in [0.1, 0.15) is 5.60 Å². The molecule has 0 spiro atoms. The minimum Gasteiger partial charge on any atom is -0.444 e. The van der Waals surface area contributed by atoms with E-state index in [4.69, 9.17) is 4.74 Å². The number of amides is 1. The predicted molar refractivity (Wildman–Crippen MR) is 55.1 cm³/mol. The Bertz CT molecular complexity index is 201. The third-order valence-corrected chi connectivity index (χ3v) is 1.99. The van der Waals surface area contributed by atoms with Gasteiger partial charge in [-0.2, -0.15) is 0 Å². The standard InChI is InChI=1S/C10H21NO3.Rh/c1-7(8(2)12)11(6)9(13)14-10(3,4)5;/h7-8,12H,1-6H3;/t7-,8-;/m1./s1. The van der Waals surface area contributed by atoms with Crippen LogP contribution < -0.4 is 0 Å². The second-order valence-electron chi connectivity index (χ2n) is 4.57. The number of aliphatic hydroxyl groups excluding tert-OH is 1. The van der Waals surface area contributed by atoms with Crippen LogP contribution in [0.15, 0.2) is 0 Å². The summed E-state index contributed by atoms with van der Waals surface area (Å²) in [5.41, 5.74) is -0.496. The summed E-state index contributed by atoms with van der Waals surface area (Å²) in [6, 6.07) is -0.246.